The summed E-state index contributed by atoms with van der Waals surface area (Å²) < 4.78 is 5.78. The van der Waals surface area contributed by atoms with Crippen LogP contribution in [0.3, 0.4) is 0 Å². The summed E-state index contributed by atoms with van der Waals surface area (Å²) >= 11 is 0. The van der Waals surface area contributed by atoms with Crippen molar-refractivity contribution in [3.8, 4) is 5.75 Å². The number of hydrogen-bond donors (Lipinski definition) is 2. The number of nitrogens with one attached hydrogen (secondary N) is 1. The van der Waals surface area contributed by atoms with Gasteiger partial charge in [-0.1, -0.05) is 30.3 Å². The third kappa shape index (κ3) is 5.55. The number of ether oxygens (including phenoxy) is 1. The van der Waals surface area contributed by atoms with E-state index in [1.165, 1.54) is 6.92 Å². The SMILES string of the molecule is CC(=O)Nc1ccc(OCCCN2CCC(O)(c3ccccc3)CC2)cc1. The average Bonchev–Trinajstić information content (AvgIpc) is 2.68. The van der Waals surface area contributed by atoms with E-state index in [0.717, 1.165) is 55.9 Å². The van der Waals surface area contributed by atoms with E-state index in [2.05, 4.69) is 10.2 Å². The third-order valence-corrected chi connectivity index (χ3v) is 5.06. The minimum Gasteiger partial charge on any atom is -0.494 e. The van der Waals surface area contributed by atoms with Crippen LogP contribution in [0.5, 0.6) is 5.75 Å². The van der Waals surface area contributed by atoms with Crippen molar-refractivity contribution in [2.24, 2.45) is 0 Å². The molecule has 1 aliphatic rings. The van der Waals surface area contributed by atoms with Gasteiger partial charge in [0.25, 0.3) is 0 Å². The number of hydrogen-bond acceptors (Lipinski definition) is 4. The molecule has 1 amide bonds. The van der Waals surface area contributed by atoms with E-state index < -0.39 is 5.60 Å². The van der Waals surface area contributed by atoms with Gasteiger partial charge in [0.05, 0.1) is 12.2 Å². The first kappa shape index (κ1) is 19.4. The molecule has 5 heteroatoms. The van der Waals surface area contributed by atoms with E-state index in [-0.39, 0.29) is 5.91 Å². The number of carbonyl (C=O) groups excluding carboxylic acids is 1. The summed E-state index contributed by atoms with van der Waals surface area (Å²) in [5, 5.41) is 13.6. The molecule has 0 unspecified atom stereocenters. The molecule has 1 saturated heterocycles. The van der Waals surface area contributed by atoms with Crippen LogP contribution in [-0.4, -0.2) is 42.2 Å². The zero-order chi connectivity index (χ0) is 19.1. The molecule has 0 atom stereocenters. The predicted octanol–water partition coefficient (Wildman–Crippen LogP) is 3.40. The monoisotopic (exact) mass is 368 g/mol. The third-order valence-electron chi connectivity index (χ3n) is 5.06. The molecule has 5 nitrogen and oxygen atoms in total. The molecule has 0 saturated carbocycles. The summed E-state index contributed by atoms with van der Waals surface area (Å²) in [6.45, 7) is 4.91. The molecule has 1 heterocycles. The first-order valence-electron chi connectivity index (χ1n) is 9.56. The van der Waals surface area contributed by atoms with Crippen LogP contribution in [0.4, 0.5) is 5.69 Å². The maximum absolute atomic E-state index is 11.0. The maximum atomic E-state index is 11.0. The number of piperidine rings is 1. The first-order chi connectivity index (χ1) is 13.0. The molecule has 0 bridgehead atoms. The van der Waals surface area contributed by atoms with E-state index in [1.54, 1.807) is 0 Å². The average molecular weight is 368 g/mol. The normalized spacial score (nSPS) is 16.7. The van der Waals surface area contributed by atoms with Crippen molar-refractivity contribution in [2.75, 3.05) is 31.6 Å². The van der Waals surface area contributed by atoms with Gasteiger partial charge in [0, 0.05) is 32.2 Å². The number of benzene rings is 2. The largest absolute Gasteiger partial charge is 0.494 e. The summed E-state index contributed by atoms with van der Waals surface area (Å²) in [5.41, 5.74) is 1.11. The quantitative estimate of drug-likeness (QED) is 0.736. The fourth-order valence-corrected chi connectivity index (χ4v) is 3.50. The van der Waals surface area contributed by atoms with Crippen molar-refractivity contribution < 1.29 is 14.6 Å². The lowest BCUT2D eigenvalue weighted by Gasteiger charge is -2.38. The fourth-order valence-electron chi connectivity index (χ4n) is 3.50. The van der Waals surface area contributed by atoms with Crippen LogP contribution in [0.15, 0.2) is 54.6 Å². The van der Waals surface area contributed by atoms with Crippen molar-refractivity contribution in [3.05, 3.63) is 60.2 Å². The van der Waals surface area contributed by atoms with Crippen molar-refractivity contribution in [1.29, 1.82) is 0 Å². The summed E-state index contributed by atoms with van der Waals surface area (Å²) in [6.07, 6.45) is 2.47. The Morgan fingerprint density at radius 2 is 1.78 bits per heavy atom. The van der Waals surface area contributed by atoms with E-state index >= 15 is 0 Å². The molecule has 2 aromatic rings. The van der Waals surface area contributed by atoms with E-state index in [0.29, 0.717) is 6.61 Å². The van der Waals surface area contributed by atoms with Gasteiger partial charge in [-0.3, -0.25) is 4.79 Å². The summed E-state index contributed by atoms with van der Waals surface area (Å²) in [6, 6.07) is 17.4. The van der Waals surface area contributed by atoms with Gasteiger partial charge in [0.2, 0.25) is 5.91 Å². The van der Waals surface area contributed by atoms with Crippen LogP contribution >= 0.6 is 0 Å². The molecule has 3 rings (SSSR count). The number of likely N-dealkylation sites (tertiary alicyclic amines) is 1. The molecular weight excluding hydrogens is 340 g/mol. The highest BCUT2D eigenvalue weighted by molar-refractivity contribution is 5.88. The number of carbonyl (C=O) groups is 1. The van der Waals surface area contributed by atoms with Gasteiger partial charge < -0.3 is 20.1 Å². The van der Waals surface area contributed by atoms with Crippen LogP contribution in [0, 0.1) is 0 Å². The van der Waals surface area contributed by atoms with Gasteiger partial charge >= 0.3 is 0 Å². The van der Waals surface area contributed by atoms with Crippen molar-refractivity contribution in [2.45, 2.75) is 31.8 Å². The van der Waals surface area contributed by atoms with Crippen molar-refractivity contribution >= 4 is 11.6 Å². The Kier molecular flexibility index (Phi) is 6.48. The van der Waals surface area contributed by atoms with Gasteiger partial charge in [-0.2, -0.15) is 0 Å². The second-order valence-corrected chi connectivity index (χ2v) is 7.15. The molecule has 0 spiro atoms. The molecule has 0 aromatic heterocycles. The van der Waals surface area contributed by atoms with Crippen LogP contribution in [0.2, 0.25) is 0 Å². The number of anilines is 1. The molecule has 144 valence electrons. The molecule has 0 radical (unpaired) electrons. The van der Waals surface area contributed by atoms with E-state index in [4.69, 9.17) is 4.74 Å². The minimum absolute atomic E-state index is 0.0793. The molecule has 1 fully saturated rings. The molecule has 0 aliphatic carbocycles. The van der Waals surface area contributed by atoms with Crippen molar-refractivity contribution in [3.63, 3.8) is 0 Å². The lowest BCUT2D eigenvalue weighted by molar-refractivity contribution is -0.114. The Hall–Kier alpha value is -2.37. The second kappa shape index (κ2) is 9.02. The van der Waals surface area contributed by atoms with Gasteiger partial charge in [0.1, 0.15) is 5.75 Å². The Labute approximate surface area is 161 Å². The smallest absolute Gasteiger partial charge is 0.221 e. The molecule has 2 aromatic carbocycles. The number of aliphatic hydroxyl groups is 1. The maximum Gasteiger partial charge on any atom is 0.221 e. The van der Waals surface area contributed by atoms with Gasteiger partial charge in [-0.15, -0.1) is 0 Å². The first-order valence-corrected chi connectivity index (χ1v) is 9.56. The van der Waals surface area contributed by atoms with Crippen LogP contribution in [0.25, 0.3) is 0 Å². The van der Waals surface area contributed by atoms with E-state index in [9.17, 15) is 9.90 Å². The Morgan fingerprint density at radius 1 is 1.11 bits per heavy atom. The van der Waals surface area contributed by atoms with Crippen molar-refractivity contribution in [1.82, 2.24) is 4.90 Å². The van der Waals surface area contributed by atoms with Gasteiger partial charge in [-0.25, -0.2) is 0 Å². The zero-order valence-corrected chi connectivity index (χ0v) is 15.9. The van der Waals surface area contributed by atoms with Gasteiger partial charge in [0.15, 0.2) is 0 Å². The number of nitrogens with zero attached hydrogens (tertiary/aromatic N) is 1. The second-order valence-electron chi connectivity index (χ2n) is 7.15. The standard InChI is InChI=1S/C22H28N2O3/c1-18(25)23-20-8-10-21(11-9-20)27-17-5-14-24-15-12-22(26,13-16-24)19-6-3-2-4-7-19/h2-4,6-11,26H,5,12-17H2,1H3,(H,23,25). The summed E-state index contributed by atoms with van der Waals surface area (Å²) in [4.78, 5) is 13.4. The molecular formula is C22H28N2O3. The molecule has 2 N–H and O–H groups in total. The summed E-state index contributed by atoms with van der Waals surface area (Å²) in [7, 11) is 0. The number of amides is 1. The highest BCUT2D eigenvalue weighted by Crippen LogP contribution is 2.32. The minimum atomic E-state index is -0.691. The topological polar surface area (TPSA) is 61.8 Å². The predicted molar refractivity (Wildman–Crippen MR) is 107 cm³/mol. The number of rotatable bonds is 7. The molecule has 27 heavy (non-hydrogen) atoms. The fraction of sp³-hybridized carbons (Fsp3) is 0.409. The summed E-state index contributed by atoms with van der Waals surface area (Å²) in [5.74, 6) is 0.727. The van der Waals surface area contributed by atoms with E-state index in [1.807, 2.05) is 54.6 Å². The highest BCUT2D eigenvalue weighted by Gasteiger charge is 2.33. The van der Waals surface area contributed by atoms with Crippen LogP contribution < -0.4 is 10.1 Å². The van der Waals surface area contributed by atoms with Crippen LogP contribution in [0.1, 0.15) is 31.7 Å². The lowest BCUT2D eigenvalue weighted by atomic mass is 9.84. The zero-order valence-electron chi connectivity index (χ0n) is 15.9. The highest BCUT2D eigenvalue weighted by atomic mass is 16.5. The lowest BCUT2D eigenvalue weighted by Crippen LogP contribution is -2.43. The Balaban J connectivity index is 1.36. The van der Waals surface area contributed by atoms with Gasteiger partial charge in [-0.05, 0) is 49.1 Å². The Morgan fingerprint density at radius 3 is 2.41 bits per heavy atom. The van der Waals surface area contributed by atoms with Crippen LogP contribution in [-0.2, 0) is 10.4 Å². The Bertz CT molecular complexity index is 723. The molecule has 1 aliphatic heterocycles.